The van der Waals surface area contributed by atoms with E-state index in [-0.39, 0.29) is 0 Å². The molecule has 2 aliphatic carbocycles. The van der Waals surface area contributed by atoms with Crippen molar-refractivity contribution in [1.29, 1.82) is 0 Å². The van der Waals surface area contributed by atoms with Crippen molar-refractivity contribution < 1.29 is 13.2 Å². The Kier molecular flexibility index (Phi) is 5.35. The Morgan fingerprint density at radius 2 is 1.54 bits per heavy atom. The highest BCUT2D eigenvalue weighted by Gasteiger charge is 2.31. The van der Waals surface area contributed by atoms with Gasteiger partial charge in [-0.1, -0.05) is 30.3 Å². The largest absolute Gasteiger partial charge is 0.416 e. The molecule has 0 nitrogen and oxygen atoms in total. The first kappa shape index (κ1) is 19.3. The molecule has 3 heteroatoms. The predicted molar refractivity (Wildman–Crippen MR) is 108 cm³/mol. The van der Waals surface area contributed by atoms with Crippen molar-refractivity contribution in [2.24, 2.45) is 5.92 Å². The van der Waals surface area contributed by atoms with E-state index in [4.69, 9.17) is 0 Å². The van der Waals surface area contributed by atoms with Crippen molar-refractivity contribution >= 4 is 0 Å². The third-order valence-corrected chi connectivity index (χ3v) is 6.63. The first-order valence-electron chi connectivity index (χ1n) is 10.4. The summed E-state index contributed by atoms with van der Waals surface area (Å²) in [5.41, 5.74) is 6.49. The minimum absolute atomic E-state index is 0.316. The molecule has 28 heavy (non-hydrogen) atoms. The number of rotatable bonds is 4. The van der Waals surface area contributed by atoms with E-state index in [2.05, 4.69) is 18.7 Å². The van der Waals surface area contributed by atoms with Crippen LogP contribution in [0.3, 0.4) is 0 Å². The van der Waals surface area contributed by atoms with E-state index < -0.39 is 11.7 Å². The van der Waals surface area contributed by atoms with Gasteiger partial charge in [0.1, 0.15) is 0 Å². The third-order valence-electron chi connectivity index (χ3n) is 6.63. The summed E-state index contributed by atoms with van der Waals surface area (Å²) in [5, 5.41) is 0. The van der Waals surface area contributed by atoms with Crippen molar-refractivity contribution in [1.82, 2.24) is 0 Å². The van der Waals surface area contributed by atoms with Crippen LogP contribution in [0, 0.1) is 5.92 Å². The van der Waals surface area contributed by atoms with Gasteiger partial charge in [-0.2, -0.15) is 13.2 Å². The molecule has 0 aromatic heterocycles. The molecule has 2 aliphatic rings. The highest BCUT2D eigenvalue weighted by Crippen LogP contribution is 2.39. The minimum atomic E-state index is -4.26. The van der Waals surface area contributed by atoms with Gasteiger partial charge >= 0.3 is 6.18 Å². The number of alkyl halides is 3. The number of fused-ring (bicyclic) bond motifs is 3. The third kappa shape index (κ3) is 3.90. The number of allylic oxidation sites excluding steroid dienone is 1. The molecule has 0 saturated carbocycles. The molecule has 4 rings (SSSR count). The van der Waals surface area contributed by atoms with Gasteiger partial charge in [0, 0.05) is 0 Å². The molecule has 2 aromatic rings. The second kappa shape index (κ2) is 7.77. The number of benzene rings is 2. The van der Waals surface area contributed by atoms with Gasteiger partial charge in [-0.05, 0) is 103 Å². The van der Waals surface area contributed by atoms with E-state index in [9.17, 15) is 13.2 Å². The zero-order valence-electron chi connectivity index (χ0n) is 16.2. The molecule has 148 valence electrons. The first-order valence-corrected chi connectivity index (χ1v) is 10.4. The smallest absolute Gasteiger partial charge is 0.166 e. The van der Waals surface area contributed by atoms with Gasteiger partial charge in [-0.15, -0.1) is 6.58 Å². The Hall–Kier alpha value is -2.03. The van der Waals surface area contributed by atoms with Crippen LogP contribution in [-0.4, -0.2) is 0 Å². The van der Waals surface area contributed by atoms with Gasteiger partial charge in [0.25, 0.3) is 0 Å². The van der Waals surface area contributed by atoms with Gasteiger partial charge < -0.3 is 0 Å². The molecule has 2 unspecified atom stereocenters. The second-order valence-corrected chi connectivity index (χ2v) is 8.38. The Bertz CT molecular complexity index is 845. The SMILES string of the molecule is C=CCCC1CCc2c(ccc3c2CCC(c2ccc(C(F)(F)F)cc2)C3)C1. The molecule has 0 amide bonds. The van der Waals surface area contributed by atoms with Crippen LogP contribution >= 0.6 is 0 Å². The summed E-state index contributed by atoms with van der Waals surface area (Å²) in [6, 6.07) is 10.4. The van der Waals surface area contributed by atoms with Crippen LogP contribution in [0.1, 0.15) is 65.0 Å². The summed E-state index contributed by atoms with van der Waals surface area (Å²) < 4.78 is 38.4. The van der Waals surface area contributed by atoms with Crippen molar-refractivity contribution in [3.8, 4) is 0 Å². The fraction of sp³-hybridized carbons (Fsp3) is 0.440. The molecule has 0 aliphatic heterocycles. The lowest BCUT2D eigenvalue weighted by Crippen LogP contribution is -2.20. The lowest BCUT2D eigenvalue weighted by Gasteiger charge is -2.32. The van der Waals surface area contributed by atoms with E-state index in [0.717, 1.165) is 37.2 Å². The van der Waals surface area contributed by atoms with Crippen LogP contribution < -0.4 is 0 Å². The number of halogens is 3. The molecule has 2 aromatic carbocycles. The zero-order chi connectivity index (χ0) is 19.7. The summed E-state index contributed by atoms with van der Waals surface area (Å²) in [4.78, 5) is 0. The molecule has 0 heterocycles. The Labute approximate surface area is 165 Å². The molecular formula is C25H27F3. The Morgan fingerprint density at radius 1 is 0.893 bits per heavy atom. The van der Waals surface area contributed by atoms with E-state index in [1.807, 2.05) is 6.08 Å². The van der Waals surface area contributed by atoms with Crippen LogP contribution in [0.25, 0.3) is 0 Å². The lowest BCUT2D eigenvalue weighted by molar-refractivity contribution is -0.137. The molecular weight excluding hydrogens is 357 g/mol. The number of hydrogen-bond acceptors (Lipinski definition) is 0. The predicted octanol–water partition coefficient (Wildman–Crippen LogP) is 7.05. The second-order valence-electron chi connectivity index (χ2n) is 8.38. The first-order chi connectivity index (χ1) is 13.5. The molecule has 0 bridgehead atoms. The van der Waals surface area contributed by atoms with E-state index in [0.29, 0.717) is 5.92 Å². The van der Waals surface area contributed by atoms with Crippen molar-refractivity contribution in [2.45, 2.75) is 63.5 Å². The van der Waals surface area contributed by atoms with Crippen LogP contribution in [0.4, 0.5) is 13.2 Å². The maximum absolute atomic E-state index is 12.8. The van der Waals surface area contributed by atoms with E-state index >= 15 is 0 Å². The van der Waals surface area contributed by atoms with Crippen LogP contribution in [0.2, 0.25) is 0 Å². The molecule has 2 atom stereocenters. The van der Waals surface area contributed by atoms with Crippen molar-refractivity contribution in [3.05, 3.63) is 82.4 Å². The van der Waals surface area contributed by atoms with Crippen molar-refractivity contribution in [3.63, 3.8) is 0 Å². The molecule has 0 N–H and O–H groups in total. The molecule has 0 fully saturated rings. The molecule has 0 spiro atoms. The monoisotopic (exact) mass is 384 g/mol. The van der Waals surface area contributed by atoms with E-state index in [1.165, 1.54) is 54.5 Å². The highest BCUT2D eigenvalue weighted by atomic mass is 19.4. The summed E-state index contributed by atoms with van der Waals surface area (Å²) in [5.74, 6) is 1.09. The summed E-state index contributed by atoms with van der Waals surface area (Å²) >= 11 is 0. The average Bonchev–Trinajstić information content (AvgIpc) is 2.71. The van der Waals surface area contributed by atoms with Crippen LogP contribution in [0.5, 0.6) is 0 Å². The Balaban J connectivity index is 1.50. The normalized spacial score (nSPS) is 21.7. The van der Waals surface area contributed by atoms with Gasteiger partial charge in [0.15, 0.2) is 0 Å². The van der Waals surface area contributed by atoms with Gasteiger partial charge in [-0.3, -0.25) is 0 Å². The maximum atomic E-state index is 12.8. The summed E-state index contributed by atoms with van der Waals surface area (Å²) in [6.45, 7) is 3.84. The maximum Gasteiger partial charge on any atom is 0.416 e. The van der Waals surface area contributed by atoms with E-state index in [1.54, 1.807) is 17.7 Å². The quantitative estimate of drug-likeness (QED) is 0.496. The highest BCUT2D eigenvalue weighted by molar-refractivity contribution is 5.45. The van der Waals surface area contributed by atoms with Gasteiger partial charge in [0.2, 0.25) is 0 Å². The fourth-order valence-electron chi connectivity index (χ4n) is 5.07. The van der Waals surface area contributed by atoms with Crippen LogP contribution in [0.15, 0.2) is 49.1 Å². The standard InChI is InChI=1S/C25H27F3/c1-2-3-4-17-5-13-23-20(15-17)6-7-21-16-19(10-14-24(21)23)18-8-11-22(12-9-18)25(26,27)28/h2,6-9,11-12,17,19H,1,3-5,10,13-16H2. The average molecular weight is 384 g/mol. The molecule has 0 saturated heterocycles. The zero-order valence-corrected chi connectivity index (χ0v) is 16.2. The number of hydrogen-bond donors (Lipinski definition) is 0. The fourth-order valence-corrected chi connectivity index (χ4v) is 5.07. The summed E-state index contributed by atoms with van der Waals surface area (Å²) in [7, 11) is 0. The topological polar surface area (TPSA) is 0 Å². The van der Waals surface area contributed by atoms with Crippen LogP contribution in [-0.2, 0) is 31.9 Å². The van der Waals surface area contributed by atoms with Gasteiger partial charge in [-0.25, -0.2) is 0 Å². The molecule has 0 radical (unpaired) electrons. The van der Waals surface area contributed by atoms with Gasteiger partial charge in [0.05, 0.1) is 5.56 Å². The lowest BCUT2D eigenvalue weighted by atomic mass is 9.73. The van der Waals surface area contributed by atoms with Crippen molar-refractivity contribution in [2.75, 3.05) is 0 Å². The minimum Gasteiger partial charge on any atom is -0.166 e. The Morgan fingerprint density at radius 3 is 2.18 bits per heavy atom. The summed E-state index contributed by atoms with van der Waals surface area (Å²) in [6.07, 6.45) is 6.70.